The van der Waals surface area contributed by atoms with E-state index in [0.29, 0.717) is 28.8 Å². The number of nitrogens with zero attached hydrogens (tertiary/aromatic N) is 3. The zero-order valence-corrected chi connectivity index (χ0v) is 15.7. The third kappa shape index (κ3) is 4.04. The third-order valence-electron chi connectivity index (χ3n) is 3.71. The highest BCUT2D eigenvalue weighted by molar-refractivity contribution is 8.00. The molecule has 0 spiro atoms. The number of aromatic amines is 1. The van der Waals surface area contributed by atoms with Gasteiger partial charge >= 0.3 is 0 Å². The minimum atomic E-state index is -0.240. The van der Waals surface area contributed by atoms with Crippen molar-refractivity contribution >= 4 is 28.7 Å². The summed E-state index contributed by atoms with van der Waals surface area (Å²) in [5.41, 5.74) is 0.185. The van der Waals surface area contributed by atoms with Crippen LogP contribution in [0.15, 0.2) is 46.2 Å². The summed E-state index contributed by atoms with van der Waals surface area (Å²) in [7, 11) is 0. The van der Waals surface area contributed by atoms with Crippen LogP contribution in [0.1, 0.15) is 27.7 Å². The summed E-state index contributed by atoms with van der Waals surface area (Å²) >= 11 is 1.78. The second-order valence-electron chi connectivity index (χ2n) is 7.00. The number of thioether (sulfide) groups is 1. The van der Waals surface area contributed by atoms with Crippen molar-refractivity contribution in [3.63, 3.8) is 0 Å². The molecule has 0 saturated carbocycles. The summed E-state index contributed by atoms with van der Waals surface area (Å²) < 4.78 is 1.78. The van der Waals surface area contributed by atoms with Gasteiger partial charge in [0, 0.05) is 16.7 Å². The van der Waals surface area contributed by atoms with Crippen molar-refractivity contribution in [3.05, 3.63) is 46.9 Å². The van der Waals surface area contributed by atoms with Crippen LogP contribution in [0.5, 0.6) is 0 Å². The number of H-pyrrole nitrogens is 1. The molecular formula is C18H23N5OS. The van der Waals surface area contributed by atoms with Gasteiger partial charge in [-0.2, -0.15) is 10.1 Å². The number of rotatable bonds is 5. The fourth-order valence-corrected chi connectivity index (χ4v) is 3.45. The highest BCUT2D eigenvalue weighted by Gasteiger charge is 2.20. The molecule has 0 aliphatic heterocycles. The molecule has 7 heteroatoms. The Morgan fingerprint density at radius 3 is 2.68 bits per heavy atom. The first-order valence-electron chi connectivity index (χ1n) is 8.29. The number of anilines is 1. The van der Waals surface area contributed by atoms with Crippen molar-refractivity contribution in [1.29, 1.82) is 0 Å². The number of aromatic nitrogens is 4. The van der Waals surface area contributed by atoms with E-state index in [1.165, 1.54) is 4.90 Å². The standard InChI is InChI=1S/C18H23N5OS/c1-12(25-13-8-6-5-7-9-13)10-19-17-21-15-14(16(24)22-17)11-20-23(15)18(2,3)4/h5-9,11-12H,10H2,1-4H3,(H2,19,21,22,24). The van der Waals surface area contributed by atoms with E-state index in [9.17, 15) is 4.79 Å². The van der Waals surface area contributed by atoms with Crippen LogP contribution in [-0.2, 0) is 5.54 Å². The van der Waals surface area contributed by atoms with Crippen LogP contribution in [0.4, 0.5) is 5.95 Å². The van der Waals surface area contributed by atoms with Gasteiger partial charge in [-0.1, -0.05) is 25.1 Å². The first-order chi connectivity index (χ1) is 11.8. The molecule has 132 valence electrons. The van der Waals surface area contributed by atoms with E-state index in [2.05, 4.69) is 39.4 Å². The van der Waals surface area contributed by atoms with E-state index < -0.39 is 0 Å². The molecule has 3 aromatic rings. The summed E-state index contributed by atoms with van der Waals surface area (Å²) in [6.07, 6.45) is 1.57. The van der Waals surface area contributed by atoms with Gasteiger partial charge in [0.25, 0.3) is 5.56 Å². The molecule has 0 fully saturated rings. The summed E-state index contributed by atoms with van der Waals surface area (Å²) in [5.74, 6) is 0.476. The molecule has 2 N–H and O–H groups in total. The lowest BCUT2D eigenvalue weighted by Crippen LogP contribution is -2.24. The molecule has 25 heavy (non-hydrogen) atoms. The Hall–Kier alpha value is -2.28. The van der Waals surface area contributed by atoms with Gasteiger partial charge in [0.15, 0.2) is 5.65 Å². The summed E-state index contributed by atoms with van der Waals surface area (Å²) in [4.78, 5) is 20.9. The lowest BCUT2D eigenvalue weighted by molar-refractivity contribution is 0.366. The molecular weight excluding hydrogens is 334 g/mol. The van der Waals surface area contributed by atoms with Gasteiger partial charge in [-0.3, -0.25) is 9.78 Å². The SMILES string of the molecule is CC(CNc1nc2c(cnn2C(C)(C)C)c(=O)[nH]1)Sc1ccccc1. The molecule has 2 aromatic heterocycles. The summed E-state index contributed by atoms with van der Waals surface area (Å²) in [5, 5.41) is 8.40. The topological polar surface area (TPSA) is 75.6 Å². The Bertz CT molecular complexity index is 911. The average molecular weight is 357 g/mol. The van der Waals surface area contributed by atoms with Crippen molar-refractivity contribution in [2.75, 3.05) is 11.9 Å². The highest BCUT2D eigenvalue weighted by atomic mass is 32.2. The first kappa shape index (κ1) is 17.5. The molecule has 0 radical (unpaired) electrons. The molecule has 6 nitrogen and oxygen atoms in total. The fourth-order valence-electron chi connectivity index (χ4n) is 2.51. The van der Waals surface area contributed by atoms with Gasteiger partial charge in [0.2, 0.25) is 5.95 Å². The van der Waals surface area contributed by atoms with Gasteiger partial charge in [0.05, 0.1) is 11.7 Å². The predicted molar refractivity (Wildman–Crippen MR) is 103 cm³/mol. The molecule has 1 aromatic carbocycles. The molecule has 1 atom stereocenters. The molecule has 0 saturated heterocycles. The Kier molecular flexibility index (Phi) is 4.85. The Labute approximate surface area is 151 Å². The van der Waals surface area contributed by atoms with Crippen molar-refractivity contribution in [3.8, 4) is 0 Å². The highest BCUT2D eigenvalue weighted by Crippen LogP contribution is 2.23. The zero-order valence-electron chi connectivity index (χ0n) is 14.9. The van der Waals surface area contributed by atoms with E-state index in [1.807, 2.05) is 39.0 Å². The fraction of sp³-hybridized carbons (Fsp3) is 0.389. The second kappa shape index (κ2) is 6.92. The van der Waals surface area contributed by atoms with Crippen LogP contribution in [0.3, 0.4) is 0 Å². The molecule has 0 aliphatic carbocycles. The zero-order chi connectivity index (χ0) is 18.0. The predicted octanol–water partition coefficient (Wildman–Crippen LogP) is 3.47. The quantitative estimate of drug-likeness (QED) is 0.684. The Morgan fingerprint density at radius 2 is 2.00 bits per heavy atom. The number of nitrogens with one attached hydrogen (secondary N) is 2. The van der Waals surface area contributed by atoms with Crippen LogP contribution in [0.2, 0.25) is 0 Å². The molecule has 0 bridgehead atoms. The monoisotopic (exact) mass is 357 g/mol. The summed E-state index contributed by atoms with van der Waals surface area (Å²) in [6, 6.07) is 10.3. The largest absolute Gasteiger partial charge is 0.355 e. The van der Waals surface area contributed by atoms with Crippen molar-refractivity contribution in [1.82, 2.24) is 19.7 Å². The van der Waals surface area contributed by atoms with Gasteiger partial charge in [-0.25, -0.2) is 4.68 Å². The van der Waals surface area contributed by atoms with Gasteiger partial charge < -0.3 is 5.32 Å². The first-order valence-corrected chi connectivity index (χ1v) is 9.16. The smallest absolute Gasteiger partial charge is 0.263 e. The van der Waals surface area contributed by atoms with Crippen LogP contribution in [0.25, 0.3) is 11.0 Å². The van der Waals surface area contributed by atoms with Crippen molar-refractivity contribution < 1.29 is 0 Å². The van der Waals surface area contributed by atoms with Gasteiger partial charge in [-0.15, -0.1) is 11.8 Å². The lowest BCUT2D eigenvalue weighted by Gasteiger charge is -2.20. The van der Waals surface area contributed by atoms with Crippen molar-refractivity contribution in [2.45, 2.75) is 43.4 Å². The van der Waals surface area contributed by atoms with E-state index in [4.69, 9.17) is 0 Å². The van der Waals surface area contributed by atoms with Gasteiger partial charge in [-0.05, 0) is 32.9 Å². The van der Waals surface area contributed by atoms with E-state index in [-0.39, 0.29) is 11.1 Å². The van der Waals surface area contributed by atoms with Gasteiger partial charge in [0.1, 0.15) is 5.39 Å². The average Bonchev–Trinajstić information content (AvgIpc) is 2.99. The Morgan fingerprint density at radius 1 is 1.28 bits per heavy atom. The molecule has 0 aliphatic rings. The molecule has 3 rings (SSSR count). The maximum absolute atomic E-state index is 12.3. The maximum atomic E-state index is 12.3. The van der Waals surface area contributed by atoms with Crippen LogP contribution in [0, 0.1) is 0 Å². The van der Waals surface area contributed by atoms with E-state index >= 15 is 0 Å². The minimum Gasteiger partial charge on any atom is -0.355 e. The normalized spacial score (nSPS) is 13.1. The molecule has 2 heterocycles. The number of hydrogen-bond acceptors (Lipinski definition) is 5. The number of fused-ring (bicyclic) bond motifs is 1. The van der Waals surface area contributed by atoms with E-state index in [0.717, 1.165) is 0 Å². The lowest BCUT2D eigenvalue weighted by atomic mass is 10.1. The van der Waals surface area contributed by atoms with Crippen LogP contribution >= 0.6 is 11.8 Å². The number of hydrogen-bond donors (Lipinski definition) is 2. The minimum absolute atomic E-state index is 0.175. The molecule has 1 unspecified atom stereocenters. The van der Waals surface area contributed by atoms with Crippen molar-refractivity contribution in [2.24, 2.45) is 0 Å². The summed E-state index contributed by atoms with van der Waals surface area (Å²) in [6.45, 7) is 8.94. The van der Waals surface area contributed by atoms with Crippen LogP contribution < -0.4 is 10.9 Å². The molecule has 0 amide bonds. The maximum Gasteiger partial charge on any atom is 0.263 e. The van der Waals surface area contributed by atoms with Crippen LogP contribution in [-0.4, -0.2) is 31.5 Å². The third-order valence-corrected chi connectivity index (χ3v) is 4.82. The number of benzene rings is 1. The van der Waals surface area contributed by atoms with E-state index in [1.54, 1.807) is 22.6 Å². The second-order valence-corrected chi connectivity index (χ2v) is 8.51. The Balaban J connectivity index is 1.76.